The average molecular weight is 522 g/mol. The lowest BCUT2D eigenvalue weighted by Gasteiger charge is -2.29. The number of nitrogens with one attached hydrogen (secondary N) is 2. The summed E-state index contributed by atoms with van der Waals surface area (Å²) in [4.78, 5) is 7.23. The first-order chi connectivity index (χ1) is 12.8. The van der Waals surface area contributed by atoms with E-state index in [1.807, 2.05) is 19.1 Å². The van der Waals surface area contributed by atoms with Crippen molar-refractivity contribution < 1.29 is 8.42 Å². The normalized spacial score (nSPS) is 16.9. The molecule has 0 spiro atoms. The van der Waals surface area contributed by atoms with Crippen LogP contribution in [0.5, 0.6) is 0 Å². The molecular formula is C20H35IN4O2S. The SMILES string of the molecule is CN=C(NCc1ccc(S(C)(=O)=O)c(C)c1)NCC(C)CN1CCCCC1.I. The molecule has 28 heavy (non-hydrogen) atoms. The number of hydrogen-bond acceptors (Lipinski definition) is 4. The molecule has 1 fully saturated rings. The Morgan fingerprint density at radius 2 is 1.89 bits per heavy atom. The van der Waals surface area contributed by atoms with Crippen molar-refractivity contribution in [3.05, 3.63) is 29.3 Å². The zero-order valence-corrected chi connectivity index (χ0v) is 20.6. The van der Waals surface area contributed by atoms with E-state index >= 15 is 0 Å². The molecule has 0 bridgehead atoms. The lowest BCUT2D eigenvalue weighted by Crippen LogP contribution is -2.42. The van der Waals surface area contributed by atoms with E-state index in [0.717, 1.165) is 30.2 Å². The fraction of sp³-hybridized carbons (Fsp3) is 0.650. The Balaban J connectivity index is 0.00000392. The summed E-state index contributed by atoms with van der Waals surface area (Å²) in [5, 5.41) is 6.70. The molecule has 0 saturated carbocycles. The third kappa shape index (κ3) is 8.24. The van der Waals surface area contributed by atoms with Crippen LogP contribution in [0.1, 0.15) is 37.3 Å². The van der Waals surface area contributed by atoms with E-state index in [-0.39, 0.29) is 24.0 Å². The first-order valence-corrected chi connectivity index (χ1v) is 11.6. The second kappa shape index (κ2) is 12.0. The third-order valence-corrected chi connectivity index (χ3v) is 6.22. The van der Waals surface area contributed by atoms with Gasteiger partial charge in [0.2, 0.25) is 0 Å². The quantitative estimate of drug-likeness (QED) is 0.328. The number of halogens is 1. The van der Waals surface area contributed by atoms with Crippen molar-refractivity contribution in [3.63, 3.8) is 0 Å². The van der Waals surface area contributed by atoms with Crippen molar-refractivity contribution in [3.8, 4) is 0 Å². The van der Waals surface area contributed by atoms with Crippen molar-refractivity contribution in [2.75, 3.05) is 39.5 Å². The van der Waals surface area contributed by atoms with Gasteiger partial charge in [-0.05, 0) is 56.0 Å². The second-order valence-electron chi connectivity index (χ2n) is 7.65. The summed E-state index contributed by atoms with van der Waals surface area (Å²) in [6.45, 7) is 9.14. The Labute approximate surface area is 187 Å². The van der Waals surface area contributed by atoms with Crippen molar-refractivity contribution in [2.24, 2.45) is 10.9 Å². The molecule has 0 amide bonds. The van der Waals surface area contributed by atoms with Crippen molar-refractivity contribution >= 4 is 39.8 Å². The van der Waals surface area contributed by atoms with Crippen LogP contribution in [-0.4, -0.2) is 58.8 Å². The van der Waals surface area contributed by atoms with Crippen LogP contribution in [0.25, 0.3) is 0 Å². The Hall–Kier alpha value is -0.870. The molecule has 0 aliphatic carbocycles. The fourth-order valence-corrected chi connectivity index (χ4v) is 4.52. The number of aryl methyl sites for hydroxylation is 1. The third-order valence-electron chi connectivity index (χ3n) is 4.96. The number of nitrogens with zero attached hydrogens (tertiary/aromatic N) is 2. The molecule has 1 atom stereocenters. The monoisotopic (exact) mass is 522 g/mol. The smallest absolute Gasteiger partial charge is 0.191 e. The maximum atomic E-state index is 11.7. The van der Waals surface area contributed by atoms with Gasteiger partial charge < -0.3 is 15.5 Å². The molecule has 1 heterocycles. The number of guanidine groups is 1. The minimum Gasteiger partial charge on any atom is -0.356 e. The maximum absolute atomic E-state index is 11.7. The molecule has 1 saturated heterocycles. The lowest BCUT2D eigenvalue weighted by atomic mass is 10.1. The first kappa shape index (κ1) is 25.2. The number of benzene rings is 1. The summed E-state index contributed by atoms with van der Waals surface area (Å²) in [6, 6.07) is 5.44. The van der Waals surface area contributed by atoms with E-state index < -0.39 is 9.84 Å². The zero-order chi connectivity index (χ0) is 19.9. The predicted octanol–water partition coefficient (Wildman–Crippen LogP) is 2.80. The highest BCUT2D eigenvalue weighted by molar-refractivity contribution is 14.0. The van der Waals surface area contributed by atoms with E-state index in [1.165, 1.54) is 38.6 Å². The Kier molecular flexibility index (Phi) is 10.8. The molecular weight excluding hydrogens is 487 g/mol. The fourth-order valence-electron chi connectivity index (χ4n) is 3.56. The molecule has 2 rings (SSSR count). The molecule has 160 valence electrons. The predicted molar refractivity (Wildman–Crippen MR) is 127 cm³/mol. The molecule has 2 N–H and O–H groups in total. The molecule has 8 heteroatoms. The topological polar surface area (TPSA) is 73.8 Å². The molecule has 1 aromatic rings. The highest BCUT2D eigenvalue weighted by Gasteiger charge is 2.14. The highest BCUT2D eigenvalue weighted by Crippen LogP contribution is 2.16. The molecule has 1 aromatic carbocycles. The number of sulfone groups is 1. The maximum Gasteiger partial charge on any atom is 0.191 e. The van der Waals surface area contributed by atoms with Crippen molar-refractivity contribution in [1.82, 2.24) is 15.5 Å². The van der Waals surface area contributed by atoms with Gasteiger partial charge in [0.1, 0.15) is 0 Å². The van der Waals surface area contributed by atoms with Crippen LogP contribution in [0.15, 0.2) is 28.1 Å². The summed E-state index contributed by atoms with van der Waals surface area (Å²) in [5.41, 5.74) is 1.80. The molecule has 0 radical (unpaired) electrons. The van der Waals surface area contributed by atoms with Gasteiger partial charge in [0, 0.05) is 32.9 Å². The summed E-state index contributed by atoms with van der Waals surface area (Å²) in [7, 11) is -1.41. The van der Waals surface area contributed by atoms with E-state index in [4.69, 9.17) is 0 Å². The van der Waals surface area contributed by atoms with Crippen LogP contribution in [0.4, 0.5) is 0 Å². The average Bonchev–Trinajstić information content (AvgIpc) is 2.61. The Bertz CT molecular complexity index is 747. The van der Waals surface area contributed by atoms with Crippen LogP contribution < -0.4 is 10.6 Å². The molecule has 1 aliphatic heterocycles. The van der Waals surface area contributed by atoms with Crippen LogP contribution in [-0.2, 0) is 16.4 Å². The number of likely N-dealkylation sites (tertiary alicyclic amines) is 1. The van der Waals surface area contributed by atoms with Gasteiger partial charge in [-0.3, -0.25) is 4.99 Å². The van der Waals surface area contributed by atoms with Crippen molar-refractivity contribution in [1.29, 1.82) is 0 Å². The van der Waals surface area contributed by atoms with Crippen LogP contribution in [0.3, 0.4) is 0 Å². The number of aliphatic imine (C=N–C) groups is 1. The summed E-state index contributed by atoms with van der Waals surface area (Å²) >= 11 is 0. The van der Waals surface area contributed by atoms with E-state index in [1.54, 1.807) is 13.1 Å². The van der Waals surface area contributed by atoms with Crippen LogP contribution in [0.2, 0.25) is 0 Å². The Morgan fingerprint density at radius 1 is 1.21 bits per heavy atom. The lowest BCUT2D eigenvalue weighted by molar-refractivity contribution is 0.201. The highest BCUT2D eigenvalue weighted by atomic mass is 127. The van der Waals surface area contributed by atoms with Gasteiger partial charge in [-0.15, -0.1) is 24.0 Å². The largest absolute Gasteiger partial charge is 0.356 e. The van der Waals surface area contributed by atoms with Gasteiger partial charge in [-0.2, -0.15) is 0 Å². The number of rotatable bonds is 7. The van der Waals surface area contributed by atoms with E-state index in [0.29, 0.717) is 17.4 Å². The van der Waals surface area contributed by atoms with Gasteiger partial charge in [-0.1, -0.05) is 25.5 Å². The summed E-state index contributed by atoms with van der Waals surface area (Å²) in [5.74, 6) is 1.32. The van der Waals surface area contributed by atoms with Crippen LogP contribution in [0, 0.1) is 12.8 Å². The molecule has 6 nitrogen and oxygen atoms in total. The zero-order valence-electron chi connectivity index (χ0n) is 17.5. The Morgan fingerprint density at radius 3 is 2.46 bits per heavy atom. The molecule has 1 unspecified atom stereocenters. The van der Waals surface area contributed by atoms with Crippen molar-refractivity contribution in [2.45, 2.75) is 44.6 Å². The summed E-state index contributed by atoms with van der Waals surface area (Å²) in [6.07, 6.45) is 5.25. The minimum atomic E-state index is -3.18. The van der Waals surface area contributed by atoms with Gasteiger partial charge in [0.05, 0.1) is 4.90 Å². The van der Waals surface area contributed by atoms with Crippen LogP contribution >= 0.6 is 24.0 Å². The van der Waals surface area contributed by atoms with E-state index in [9.17, 15) is 8.42 Å². The molecule has 1 aliphatic rings. The van der Waals surface area contributed by atoms with Gasteiger partial charge in [0.25, 0.3) is 0 Å². The standard InChI is InChI=1S/C20H34N4O2S.HI/c1-16(15-24-10-6-5-7-11-24)13-22-20(21-3)23-14-18-8-9-19(17(2)12-18)27(4,25)26;/h8-9,12,16H,5-7,10-11,13-15H2,1-4H3,(H2,21,22,23);1H. The van der Waals surface area contributed by atoms with E-state index in [2.05, 4.69) is 27.4 Å². The van der Waals surface area contributed by atoms with Gasteiger partial charge in [0.15, 0.2) is 15.8 Å². The van der Waals surface area contributed by atoms with Gasteiger partial charge >= 0.3 is 0 Å². The van der Waals surface area contributed by atoms with Gasteiger partial charge in [-0.25, -0.2) is 8.42 Å². The minimum absolute atomic E-state index is 0. The first-order valence-electron chi connectivity index (χ1n) is 9.76. The summed E-state index contributed by atoms with van der Waals surface area (Å²) < 4.78 is 23.4. The molecule has 0 aromatic heterocycles. The number of hydrogen-bond donors (Lipinski definition) is 2. The number of piperidine rings is 1. The second-order valence-corrected chi connectivity index (χ2v) is 9.63.